The maximum absolute atomic E-state index is 11.8. The van der Waals surface area contributed by atoms with E-state index < -0.39 is 11.7 Å². The van der Waals surface area contributed by atoms with Gasteiger partial charge in [0.25, 0.3) is 11.7 Å². The molecule has 2 aliphatic heterocycles. The summed E-state index contributed by atoms with van der Waals surface area (Å²) in [7, 11) is 0. The van der Waals surface area contributed by atoms with E-state index in [0.717, 1.165) is 31.9 Å². The van der Waals surface area contributed by atoms with E-state index in [1.54, 1.807) is 6.07 Å². The lowest BCUT2D eigenvalue weighted by Gasteiger charge is -2.30. The predicted molar refractivity (Wildman–Crippen MR) is 64.5 cm³/mol. The van der Waals surface area contributed by atoms with E-state index in [0.29, 0.717) is 11.3 Å². The second kappa shape index (κ2) is 3.85. The van der Waals surface area contributed by atoms with E-state index in [1.807, 2.05) is 12.1 Å². The zero-order valence-electron chi connectivity index (χ0n) is 9.32. The molecular weight excluding hydrogens is 218 g/mol. The number of piperazine rings is 1. The monoisotopic (exact) mass is 231 g/mol. The van der Waals surface area contributed by atoms with Gasteiger partial charge in [-0.05, 0) is 12.1 Å². The van der Waals surface area contributed by atoms with Crippen LogP contribution in [0.1, 0.15) is 10.4 Å². The lowest BCUT2D eigenvalue weighted by molar-refractivity contribution is -0.112. The van der Waals surface area contributed by atoms with Crippen LogP contribution in [0.4, 0.5) is 11.4 Å². The molecule has 1 fully saturated rings. The number of fused-ring (bicyclic) bond motifs is 1. The number of anilines is 2. The van der Waals surface area contributed by atoms with Crippen molar-refractivity contribution < 1.29 is 9.59 Å². The van der Waals surface area contributed by atoms with Crippen molar-refractivity contribution in [1.82, 2.24) is 5.32 Å². The van der Waals surface area contributed by atoms with Crippen LogP contribution in [-0.4, -0.2) is 37.9 Å². The molecule has 1 amide bonds. The van der Waals surface area contributed by atoms with Crippen LogP contribution in [0.25, 0.3) is 0 Å². The largest absolute Gasteiger partial charge is 0.368 e. The summed E-state index contributed by atoms with van der Waals surface area (Å²) in [6.07, 6.45) is 0. The van der Waals surface area contributed by atoms with Gasteiger partial charge >= 0.3 is 0 Å². The molecular formula is C12H13N3O2. The molecule has 2 aliphatic rings. The van der Waals surface area contributed by atoms with E-state index in [2.05, 4.69) is 15.5 Å². The molecule has 5 nitrogen and oxygen atoms in total. The number of Topliss-reactive ketones (excluding diaryl/α,β-unsaturated/α-hetero) is 1. The third-order valence-corrected chi connectivity index (χ3v) is 3.18. The molecule has 1 aromatic rings. The van der Waals surface area contributed by atoms with Gasteiger partial charge in [-0.1, -0.05) is 6.07 Å². The molecule has 0 bridgehead atoms. The molecule has 0 unspecified atom stereocenters. The highest BCUT2D eigenvalue weighted by Gasteiger charge is 2.32. The quantitative estimate of drug-likeness (QED) is 0.679. The highest BCUT2D eigenvalue weighted by Crippen LogP contribution is 2.32. The summed E-state index contributed by atoms with van der Waals surface area (Å²) >= 11 is 0. The van der Waals surface area contributed by atoms with Crippen molar-refractivity contribution in [1.29, 1.82) is 0 Å². The van der Waals surface area contributed by atoms with Crippen molar-refractivity contribution in [2.45, 2.75) is 0 Å². The fourth-order valence-corrected chi connectivity index (χ4v) is 2.34. The Bertz CT molecular complexity index is 493. The minimum Gasteiger partial charge on any atom is -0.368 e. The number of carbonyl (C=O) groups is 2. The molecule has 0 radical (unpaired) electrons. The van der Waals surface area contributed by atoms with Gasteiger partial charge in [-0.2, -0.15) is 0 Å². The van der Waals surface area contributed by atoms with Crippen LogP contribution in [-0.2, 0) is 4.79 Å². The average Bonchev–Trinajstić information content (AvgIpc) is 2.66. The lowest BCUT2D eigenvalue weighted by atomic mass is 10.1. The van der Waals surface area contributed by atoms with Gasteiger partial charge in [-0.15, -0.1) is 0 Å². The van der Waals surface area contributed by atoms with Crippen LogP contribution in [0.3, 0.4) is 0 Å². The van der Waals surface area contributed by atoms with E-state index in [4.69, 9.17) is 0 Å². The highest BCUT2D eigenvalue weighted by molar-refractivity contribution is 6.52. The summed E-state index contributed by atoms with van der Waals surface area (Å²) in [5.41, 5.74) is 2.03. The zero-order valence-corrected chi connectivity index (χ0v) is 9.32. The predicted octanol–water partition coefficient (Wildman–Crippen LogP) is 0.231. The first-order chi connectivity index (χ1) is 8.27. The highest BCUT2D eigenvalue weighted by atomic mass is 16.2. The Morgan fingerprint density at radius 3 is 2.65 bits per heavy atom. The standard InChI is InChI=1S/C12H13N3O2/c16-11-10-8(14-12(11)17)2-1-3-9(10)15-6-4-13-5-7-15/h1-3,13H,4-7H2,(H,14,16,17). The molecule has 2 N–H and O–H groups in total. The fraction of sp³-hybridized carbons (Fsp3) is 0.333. The number of benzene rings is 1. The topological polar surface area (TPSA) is 61.4 Å². The molecule has 0 atom stereocenters. The van der Waals surface area contributed by atoms with E-state index in [-0.39, 0.29) is 0 Å². The summed E-state index contributed by atoms with van der Waals surface area (Å²) in [5, 5.41) is 5.86. The minimum absolute atomic E-state index is 0.422. The van der Waals surface area contributed by atoms with Crippen molar-refractivity contribution in [3.8, 4) is 0 Å². The molecule has 0 saturated carbocycles. The Hall–Kier alpha value is -1.88. The number of amides is 1. The Balaban J connectivity index is 2.04. The first-order valence-corrected chi connectivity index (χ1v) is 5.72. The normalized spacial score (nSPS) is 19.2. The Morgan fingerprint density at radius 2 is 1.88 bits per heavy atom. The summed E-state index contributed by atoms with van der Waals surface area (Å²) < 4.78 is 0. The molecule has 0 spiro atoms. The summed E-state index contributed by atoms with van der Waals surface area (Å²) in [4.78, 5) is 25.3. The molecule has 88 valence electrons. The zero-order chi connectivity index (χ0) is 11.8. The molecule has 0 aliphatic carbocycles. The molecule has 1 aromatic carbocycles. The van der Waals surface area contributed by atoms with Gasteiger partial charge in [-0.3, -0.25) is 9.59 Å². The first kappa shape index (κ1) is 10.3. The van der Waals surface area contributed by atoms with Crippen molar-refractivity contribution in [2.75, 3.05) is 36.4 Å². The Kier molecular flexibility index (Phi) is 2.33. The van der Waals surface area contributed by atoms with Crippen molar-refractivity contribution in [3.05, 3.63) is 23.8 Å². The van der Waals surface area contributed by atoms with Crippen LogP contribution < -0.4 is 15.5 Å². The number of nitrogens with one attached hydrogen (secondary N) is 2. The van der Waals surface area contributed by atoms with Crippen LogP contribution in [0.2, 0.25) is 0 Å². The number of nitrogens with zero attached hydrogens (tertiary/aromatic N) is 1. The smallest absolute Gasteiger partial charge is 0.296 e. The number of hydrogen-bond acceptors (Lipinski definition) is 4. The SMILES string of the molecule is O=C1Nc2cccc(N3CCNCC3)c2C1=O. The van der Waals surface area contributed by atoms with Gasteiger partial charge in [0.05, 0.1) is 16.9 Å². The van der Waals surface area contributed by atoms with E-state index >= 15 is 0 Å². The molecule has 3 rings (SSSR count). The first-order valence-electron chi connectivity index (χ1n) is 5.72. The molecule has 5 heteroatoms. The van der Waals surface area contributed by atoms with Crippen LogP contribution >= 0.6 is 0 Å². The van der Waals surface area contributed by atoms with Crippen LogP contribution in [0, 0.1) is 0 Å². The average molecular weight is 231 g/mol. The summed E-state index contributed by atoms with van der Waals surface area (Å²) in [6.45, 7) is 3.52. The second-order valence-corrected chi connectivity index (χ2v) is 4.22. The number of ketones is 1. The van der Waals surface area contributed by atoms with Gasteiger partial charge in [0.15, 0.2) is 0 Å². The Morgan fingerprint density at radius 1 is 1.12 bits per heavy atom. The Labute approximate surface area is 98.8 Å². The minimum atomic E-state index is -0.525. The molecule has 17 heavy (non-hydrogen) atoms. The molecule has 2 heterocycles. The van der Waals surface area contributed by atoms with Crippen molar-refractivity contribution in [3.63, 3.8) is 0 Å². The van der Waals surface area contributed by atoms with Crippen molar-refractivity contribution >= 4 is 23.1 Å². The molecule has 0 aromatic heterocycles. The second-order valence-electron chi connectivity index (χ2n) is 4.22. The van der Waals surface area contributed by atoms with Gasteiger partial charge in [0.1, 0.15) is 0 Å². The van der Waals surface area contributed by atoms with Gasteiger partial charge < -0.3 is 15.5 Å². The number of rotatable bonds is 1. The van der Waals surface area contributed by atoms with Gasteiger partial charge in [0, 0.05) is 26.2 Å². The van der Waals surface area contributed by atoms with E-state index in [1.165, 1.54) is 0 Å². The van der Waals surface area contributed by atoms with Crippen molar-refractivity contribution in [2.24, 2.45) is 0 Å². The third kappa shape index (κ3) is 1.59. The summed E-state index contributed by atoms with van der Waals surface area (Å²) in [5.74, 6) is -0.947. The third-order valence-electron chi connectivity index (χ3n) is 3.18. The number of hydrogen-bond donors (Lipinski definition) is 2. The maximum atomic E-state index is 11.8. The van der Waals surface area contributed by atoms with Gasteiger partial charge in [-0.25, -0.2) is 0 Å². The summed E-state index contributed by atoms with van der Waals surface area (Å²) in [6, 6.07) is 5.54. The maximum Gasteiger partial charge on any atom is 0.296 e. The fourth-order valence-electron chi connectivity index (χ4n) is 2.34. The number of carbonyl (C=O) groups excluding carboxylic acids is 2. The van der Waals surface area contributed by atoms with Crippen LogP contribution in [0.15, 0.2) is 18.2 Å². The lowest BCUT2D eigenvalue weighted by Crippen LogP contribution is -2.44. The van der Waals surface area contributed by atoms with Gasteiger partial charge in [0.2, 0.25) is 0 Å². The molecule has 1 saturated heterocycles. The van der Waals surface area contributed by atoms with Crippen LogP contribution in [0.5, 0.6) is 0 Å². The van der Waals surface area contributed by atoms with E-state index in [9.17, 15) is 9.59 Å².